The maximum absolute atomic E-state index is 12.7. The zero-order chi connectivity index (χ0) is 16.4. The highest BCUT2D eigenvalue weighted by Crippen LogP contribution is 2.26. The van der Waals surface area contributed by atoms with Gasteiger partial charge in [0.1, 0.15) is 9.79 Å². The summed E-state index contributed by atoms with van der Waals surface area (Å²) in [6.45, 7) is 2.59. The van der Waals surface area contributed by atoms with Crippen LogP contribution in [0.15, 0.2) is 34.1 Å². The normalized spacial score (nSPS) is 17.7. The first-order chi connectivity index (χ1) is 10.3. The van der Waals surface area contributed by atoms with Gasteiger partial charge in [0, 0.05) is 25.7 Å². The van der Waals surface area contributed by atoms with Crippen molar-refractivity contribution >= 4 is 32.5 Å². The molecule has 0 amide bonds. The summed E-state index contributed by atoms with van der Waals surface area (Å²) in [5.41, 5.74) is 5.43. The van der Waals surface area contributed by atoms with Crippen LogP contribution in [0.1, 0.15) is 19.8 Å². The number of sulfonamides is 2. The average molecular weight is 384 g/mol. The molecule has 2 rings (SSSR count). The van der Waals surface area contributed by atoms with Crippen molar-refractivity contribution in [2.45, 2.75) is 35.6 Å². The predicted molar refractivity (Wildman–Crippen MR) is 90.5 cm³/mol. The molecule has 1 aromatic rings. The van der Waals surface area contributed by atoms with E-state index < -0.39 is 26.1 Å². The van der Waals surface area contributed by atoms with E-state index in [1.807, 2.05) is 0 Å². The van der Waals surface area contributed by atoms with Crippen LogP contribution in [-0.2, 0) is 20.0 Å². The van der Waals surface area contributed by atoms with Gasteiger partial charge in [0.25, 0.3) is 0 Å². The summed E-state index contributed by atoms with van der Waals surface area (Å²) in [4.78, 5) is -0.421. The zero-order valence-electron chi connectivity index (χ0n) is 12.8. The van der Waals surface area contributed by atoms with Gasteiger partial charge in [-0.2, -0.15) is 4.31 Å². The van der Waals surface area contributed by atoms with E-state index in [0.29, 0.717) is 13.1 Å². The molecule has 7 nitrogen and oxygen atoms in total. The lowest BCUT2D eigenvalue weighted by Crippen LogP contribution is -2.38. The third-order valence-electron chi connectivity index (χ3n) is 3.53. The molecule has 23 heavy (non-hydrogen) atoms. The molecule has 1 atom stereocenters. The fraction of sp³-hybridized carbons (Fsp3) is 0.538. The molecule has 3 N–H and O–H groups in total. The predicted octanol–water partition coefficient (Wildman–Crippen LogP) is 0.518. The number of hydrogen-bond donors (Lipinski definition) is 2. The number of rotatable bonds is 6. The highest BCUT2D eigenvalue weighted by atomic mass is 35.5. The SMILES string of the molecule is C[C@@H](CN)NS(=O)(=O)c1ccccc1S(=O)(=O)N1CCCC1.Cl. The van der Waals surface area contributed by atoms with Gasteiger partial charge >= 0.3 is 0 Å². The van der Waals surface area contributed by atoms with E-state index in [9.17, 15) is 16.8 Å². The van der Waals surface area contributed by atoms with Gasteiger partial charge in [0.15, 0.2) is 0 Å². The molecule has 1 fully saturated rings. The molecule has 10 heteroatoms. The Morgan fingerprint density at radius 3 is 2.17 bits per heavy atom. The maximum atomic E-state index is 12.7. The summed E-state index contributed by atoms with van der Waals surface area (Å²) >= 11 is 0. The molecule has 0 aromatic heterocycles. The van der Waals surface area contributed by atoms with E-state index in [1.165, 1.54) is 28.6 Å². The molecule has 0 bridgehead atoms. The fourth-order valence-corrected chi connectivity index (χ4v) is 5.91. The van der Waals surface area contributed by atoms with Crippen LogP contribution in [0.25, 0.3) is 0 Å². The van der Waals surface area contributed by atoms with Crippen molar-refractivity contribution < 1.29 is 16.8 Å². The van der Waals surface area contributed by atoms with Crippen LogP contribution in [0.3, 0.4) is 0 Å². The Balaban J connectivity index is 0.00000264. The molecule has 1 aromatic carbocycles. The van der Waals surface area contributed by atoms with Crippen molar-refractivity contribution in [1.29, 1.82) is 0 Å². The lowest BCUT2D eigenvalue weighted by molar-refractivity contribution is 0.474. The third kappa shape index (κ3) is 4.43. The van der Waals surface area contributed by atoms with Gasteiger partial charge in [-0.3, -0.25) is 0 Å². The standard InChI is InChI=1S/C13H21N3O4S2.ClH/c1-11(10-14)15-21(17,18)12-6-2-3-7-13(12)22(19,20)16-8-4-5-9-16;/h2-3,6-7,11,15H,4-5,8-10,14H2,1H3;1H/t11-;/m0./s1. The number of nitrogens with two attached hydrogens (primary N) is 1. The van der Waals surface area contributed by atoms with Crippen molar-refractivity contribution in [3.8, 4) is 0 Å². The van der Waals surface area contributed by atoms with Crippen LogP contribution in [0, 0.1) is 0 Å². The van der Waals surface area contributed by atoms with Crippen molar-refractivity contribution in [3.05, 3.63) is 24.3 Å². The highest BCUT2D eigenvalue weighted by molar-refractivity contribution is 7.92. The Morgan fingerprint density at radius 1 is 1.13 bits per heavy atom. The minimum Gasteiger partial charge on any atom is -0.329 e. The van der Waals surface area contributed by atoms with Gasteiger partial charge in [-0.1, -0.05) is 12.1 Å². The van der Waals surface area contributed by atoms with Gasteiger partial charge in [-0.25, -0.2) is 21.6 Å². The highest BCUT2D eigenvalue weighted by Gasteiger charge is 2.32. The number of nitrogens with zero attached hydrogens (tertiary/aromatic N) is 1. The van der Waals surface area contributed by atoms with Crippen LogP contribution in [-0.4, -0.2) is 46.8 Å². The topological polar surface area (TPSA) is 110 Å². The number of nitrogens with one attached hydrogen (secondary N) is 1. The molecule has 1 aliphatic rings. The summed E-state index contributed by atoms with van der Waals surface area (Å²) in [6, 6.07) is 5.18. The van der Waals surface area contributed by atoms with Crippen molar-refractivity contribution in [1.82, 2.24) is 9.03 Å². The second kappa shape index (κ2) is 7.91. The second-order valence-electron chi connectivity index (χ2n) is 5.32. The molecule has 0 saturated carbocycles. The summed E-state index contributed by atoms with van der Waals surface area (Å²) in [6.07, 6.45) is 1.58. The van der Waals surface area contributed by atoms with E-state index in [0.717, 1.165) is 12.8 Å². The minimum absolute atomic E-state index is 0. The lowest BCUT2D eigenvalue weighted by Gasteiger charge is -2.19. The summed E-state index contributed by atoms with van der Waals surface area (Å²) in [7, 11) is -7.76. The molecule has 0 spiro atoms. The van der Waals surface area contributed by atoms with Gasteiger partial charge < -0.3 is 5.73 Å². The van der Waals surface area contributed by atoms with E-state index in [2.05, 4.69) is 4.72 Å². The van der Waals surface area contributed by atoms with Crippen molar-refractivity contribution in [3.63, 3.8) is 0 Å². The van der Waals surface area contributed by atoms with Crippen molar-refractivity contribution in [2.24, 2.45) is 5.73 Å². The van der Waals surface area contributed by atoms with Crippen LogP contribution >= 0.6 is 12.4 Å². The van der Waals surface area contributed by atoms with Gasteiger partial charge in [-0.05, 0) is 31.9 Å². The summed E-state index contributed by atoms with van der Waals surface area (Å²) < 4.78 is 53.9. The number of halogens is 1. The van der Waals surface area contributed by atoms with E-state index in [1.54, 1.807) is 6.92 Å². The van der Waals surface area contributed by atoms with Crippen molar-refractivity contribution in [2.75, 3.05) is 19.6 Å². The Morgan fingerprint density at radius 2 is 1.65 bits per heavy atom. The third-order valence-corrected chi connectivity index (χ3v) is 7.27. The van der Waals surface area contributed by atoms with Gasteiger partial charge in [0.2, 0.25) is 20.0 Å². The molecule has 1 saturated heterocycles. The van der Waals surface area contributed by atoms with Crippen LogP contribution in [0.2, 0.25) is 0 Å². The second-order valence-corrected chi connectivity index (χ2v) is 8.90. The smallest absolute Gasteiger partial charge is 0.244 e. The lowest BCUT2D eigenvalue weighted by atomic mass is 10.4. The van der Waals surface area contributed by atoms with Gasteiger partial charge in [0.05, 0.1) is 0 Å². The molecular formula is C13H22ClN3O4S2. The monoisotopic (exact) mass is 383 g/mol. The fourth-order valence-electron chi connectivity index (χ4n) is 2.33. The Labute approximate surface area is 143 Å². The van der Waals surface area contributed by atoms with E-state index >= 15 is 0 Å². The Hall–Kier alpha value is -0.710. The molecule has 0 unspecified atom stereocenters. The van der Waals surface area contributed by atoms with Crippen LogP contribution in [0.5, 0.6) is 0 Å². The maximum Gasteiger partial charge on any atom is 0.244 e. The Kier molecular flexibility index (Phi) is 6.99. The largest absolute Gasteiger partial charge is 0.329 e. The number of benzene rings is 1. The molecule has 1 aliphatic heterocycles. The van der Waals surface area contributed by atoms with Crippen LogP contribution < -0.4 is 10.5 Å². The van der Waals surface area contributed by atoms with E-state index in [-0.39, 0.29) is 28.7 Å². The van der Waals surface area contributed by atoms with Crippen LogP contribution in [0.4, 0.5) is 0 Å². The molecular weight excluding hydrogens is 362 g/mol. The molecule has 0 radical (unpaired) electrons. The Bertz CT molecular complexity index is 731. The first-order valence-corrected chi connectivity index (χ1v) is 10.0. The molecule has 1 heterocycles. The quantitative estimate of drug-likeness (QED) is 0.744. The van der Waals surface area contributed by atoms with Gasteiger partial charge in [-0.15, -0.1) is 12.4 Å². The summed E-state index contributed by atoms with van der Waals surface area (Å²) in [5, 5.41) is 0. The first-order valence-electron chi connectivity index (χ1n) is 7.10. The molecule has 0 aliphatic carbocycles. The zero-order valence-corrected chi connectivity index (χ0v) is 15.3. The summed E-state index contributed by atoms with van der Waals surface area (Å²) in [5.74, 6) is 0. The average Bonchev–Trinajstić information content (AvgIpc) is 3.01. The first kappa shape index (κ1) is 20.3. The number of hydrogen-bond acceptors (Lipinski definition) is 5. The van der Waals surface area contributed by atoms with E-state index in [4.69, 9.17) is 5.73 Å². The minimum atomic E-state index is -3.95. The molecule has 132 valence electrons.